The second kappa shape index (κ2) is 29.7. The van der Waals surface area contributed by atoms with E-state index in [-0.39, 0.29) is 33.6 Å². The van der Waals surface area contributed by atoms with Gasteiger partial charge in [-0.1, -0.05) is 0 Å². The number of carbonyl (C=O) groups excluding carboxylic acids is 4. The molecule has 0 saturated carbocycles. The van der Waals surface area contributed by atoms with Gasteiger partial charge in [0.25, 0.3) is 0 Å². The van der Waals surface area contributed by atoms with Gasteiger partial charge in [-0.05, 0) is 27.7 Å². The normalized spacial score (nSPS) is 5.56. The SMILES string of the molecule is CC(=O)[O-].CC(=O)[O-].CC(=O)[O-].CC(=O)[O-].[Mn+2].[Ni+2]. The van der Waals surface area contributed by atoms with Crippen LogP contribution in [0.15, 0.2) is 0 Å². The van der Waals surface area contributed by atoms with Gasteiger partial charge < -0.3 is 39.6 Å². The first-order chi connectivity index (χ1) is 6.93. The van der Waals surface area contributed by atoms with Gasteiger partial charge in [0, 0.05) is 23.9 Å². The second-order valence-corrected chi connectivity index (χ2v) is 1.97. The summed E-state index contributed by atoms with van der Waals surface area (Å²) in [4.78, 5) is 35.6. The molecule has 0 amide bonds. The molecule has 8 nitrogen and oxygen atoms in total. The van der Waals surface area contributed by atoms with E-state index < -0.39 is 23.9 Å². The Morgan fingerprint density at radius 2 is 0.556 bits per heavy atom. The van der Waals surface area contributed by atoms with Crippen LogP contribution in [0.4, 0.5) is 0 Å². The number of hydrogen-bond donors (Lipinski definition) is 0. The zero-order valence-corrected chi connectivity index (χ0v) is 12.1. The Balaban J connectivity index is -0.0000000257. The number of aliphatic carboxylic acids is 4. The van der Waals surface area contributed by atoms with Crippen molar-refractivity contribution >= 4 is 23.9 Å². The number of carbonyl (C=O) groups is 4. The van der Waals surface area contributed by atoms with Crippen LogP contribution in [0, 0.1) is 0 Å². The van der Waals surface area contributed by atoms with Gasteiger partial charge in [-0.15, -0.1) is 0 Å². The van der Waals surface area contributed by atoms with E-state index in [1.165, 1.54) is 0 Å². The van der Waals surface area contributed by atoms with Gasteiger partial charge in [-0.2, -0.15) is 0 Å². The summed E-state index contributed by atoms with van der Waals surface area (Å²) in [5, 5.41) is 35.6. The molecule has 0 saturated heterocycles. The van der Waals surface area contributed by atoms with Crippen LogP contribution in [0.5, 0.6) is 0 Å². The first-order valence-corrected chi connectivity index (χ1v) is 3.63. The minimum absolute atomic E-state index is 0. The zero-order chi connectivity index (χ0) is 14.3. The zero-order valence-electron chi connectivity index (χ0n) is 9.96. The van der Waals surface area contributed by atoms with Crippen molar-refractivity contribution < 1.29 is 73.2 Å². The molecule has 109 valence electrons. The van der Waals surface area contributed by atoms with Crippen molar-refractivity contribution in [2.75, 3.05) is 0 Å². The van der Waals surface area contributed by atoms with Gasteiger partial charge in [0.2, 0.25) is 0 Å². The van der Waals surface area contributed by atoms with E-state index in [4.69, 9.17) is 39.6 Å². The predicted molar refractivity (Wildman–Crippen MR) is 42.7 cm³/mol. The molecule has 0 aromatic rings. The summed E-state index contributed by atoms with van der Waals surface area (Å²) in [6, 6.07) is 0. The molecule has 1 radical (unpaired) electrons. The van der Waals surface area contributed by atoms with E-state index in [1.807, 2.05) is 0 Å². The smallest absolute Gasteiger partial charge is 0.550 e. The van der Waals surface area contributed by atoms with Gasteiger partial charge in [-0.3, -0.25) is 0 Å². The summed E-state index contributed by atoms with van der Waals surface area (Å²) >= 11 is 0. The summed E-state index contributed by atoms with van der Waals surface area (Å²) in [6.45, 7) is 3.89. The molecule has 10 heteroatoms. The second-order valence-electron chi connectivity index (χ2n) is 1.97. The number of carboxylic acids is 4. The molecule has 0 fully saturated rings. The first-order valence-electron chi connectivity index (χ1n) is 3.63. The first kappa shape index (κ1) is 36.0. The standard InChI is InChI=1S/4C2H4O2.Mn.Ni/c4*1-2(3)4;;/h4*1H3,(H,3,4);;/q;;;;2*+2/p-4. The third kappa shape index (κ3) is 2350. The molecular formula is C8H12MnNiO8. The minimum atomic E-state index is -1.08. The molecule has 0 aromatic carbocycles. The van der Waals surface area contributed by atoms with Crippen molar-refractivity contribution in [2.45, 2.75) is 27.7 Å². The van der Waals surface area contributed by atoms with Gasteiger partial charge in [0.05, 0.1) is 0 Å². The van der Waals surface area contributed by atoms with Crippen LogP contribution in [0.25, 0.3) is 0 Å². The van der Waals surface area contributed by atoms with Gasteiger partial charge in [0.1, 0.15) is 0 Å². The Morgan fingerprint density at radius 1 is 0.556 bits per heavy atom. The molecule has 0 aliphatic carbocycles. The monoisotopic (exact) mass is 349 g/mol. The molecule has 0 rings (SSSR count). The third-order valence-corrected chi connectivity index (χ3v) is 0. The quantitative estimate of drug-likeness (QED) is 0.393. The van der Waals surface area contributed by atoms with Crippen LogP contribution < -0.4 is 20.4 Å². The molecule has 0 N–H and O–H groups in total. The van der Waals surface area contributed by atoms with Crippen LogP contribution in [-0.2, 0) is 52.7 Å². The Morgan fingerprint density at radius 3 is 0.556 bits per heavy atom. The van der Waals surface area contributed by atoms with Crippen LogP contribution >= 0.6 is 0 Å². The molecule has 0 spiro atoms. The molecule has 18 heavy (non-hydrogen) atoms. The van der Waals surface area contributed by atoms with Gasteiger partial charge >= 0.3 is 33.6 Å². The van der Waals surface area contributed by atoms with Gasteiger partial charge in [0.15, 0.2) is 0 Å². The summed E-state index contributed by atoms with van der Waals surface area (Å²) < 4.78 is 0. The largest absolute Gasteiger partial charge is 2.00 e. The van der Waals surface area contributed by atoms with Crippen molar-refractivity contribution in [1.29, 1.82) is 0 Å². The predicted octanol–water partition coefficient (Wildman–Crippen LogP) is -4.98. The number of hydrogen-bond acceptors (Lipinski definition) is 8. The third-order valence-electron chi connectivity index (χ3n) is 0. The average molecular weight is 350 g/mol. The molecular weight excluding hydrogens is 338 g/mol. The van der Waals surface area contributed by atoms with Crippen molar-refractivity contribution in [3.63, 3.8) is 0 Å². The van der Waals surface area contributed by atoms with E-state index in [9.17, 15) is 0 Å². The number of rotatable bonds is 0. The van der Waals surface area contributed by atoms with Crippen LogP contribution in [0.3, 0.4) is 0 Å². The molecule has 0 unspecified atom stereocenters. The average Bonchev–Trinajstić information content (AvgIpc) is 1.76. The Hall–Kier alpha value is -1.11. The molecule has 0 aliphatic rings. The summed E-state index contributed by atoms with van der Waals surface area (Å²) in [7, 11) is 0. The summed E-state index contributed by atoms with van der Waals surface area (Å²) in [6.07, 6.45) is 0. The molecule has 0 heterocycles. The number of carboxylic acid groups (broad SMARTS) is 4. The Bertz CT molecular complexity index is 167. The van der Waals surface area contributed by atoms with Gasteiger partial charge in [-0.25, -0.2) is 0 Å². The fourth-order valence-corrected chi connectivity index (χ4v) is 0. The summed E-state index contributed by atoms with van der Waals surface area (Å²) in [5.41, 5.74) is 0. The van der Waals surface area contributed by atoms with Crippen molar-refractivity contribution in [3.8, 4) is 0 Å². The van der Waals surface area contributed by atoms with E-state index in [0.717, 1.165) is 27.7 Å². The van der Waals surface area contributed by atoms with E-state index >= 15 is 0 Å². The van der Waals surface area contributed by atoms with Crippen LogP contribution in [0.2, 0.25) is 0 Å². The minimum Gasteiger partial charge on any atom is -0.550 e. The summed E-state index contributed by atoms with van der Waals surface area (Å²) in [5.74, 6) is -4.33. The molecule has 0 atom stereocenters. The van der Waals surface area contributed by atoms with Crippen LogP contribution in [-0.4, -0.2) is 23.9 Å². The van der Waals surface area contributed by atoms with Crippen molar-refractivity contribution in [1.82, 2.24) is 0 Å². The molecule has 0 aliphatic heterocycles. The van der Waals surface area contributed by atoms with Crippen molar-refractivity contribution in [3.05, 3.63) is 0 Å². The molecule has 0 aromatic heterocycles. The van der Waals surface area contributed by atoms with Crippen molar-refractivity contribution in [2.24, 2.45) is 0 Å². The molecule has 0 bridgehead atoms. The maximum Gasteiger partial charge on any atom is 2.00 e. The van der Waals surface area contributed by atoms with E-state index in [0.29, 0.717) is 0 Å². The van der Waals surface area contributed by atoms with Crippen LogP contribution in [0.1, 0.15) is 27.7 Å². The maximum atomic E-state index is 8.89. The Labute approximate surface area is 125 Å². The maximum absolute atomic E-state index is 8.89. The topological polar surface area (TPSA) is 161 Å². The fraction of sp³-hybridized carbons (Fsp3) is 0.500. The van der Waals surface area contributed by atoms with E-state index in [1.54, 1.807) is 0 Å². The Kier molecular flexibility index (Phi) is 59.4. The van der Waals surface area contributed by atoms with E-state index in [2.05, 4.69) is 0 Å². The fourth-order valence-electron chi connectivity index (χ4n) is 0.